The Morgan fingerprint density at radius 3 is 1.00 bits per heavy atom. The monoisotopic (exact) mass is 111 g/mol. The molecule has 0 saturated heterocycles. The Morgan fingerprint density at radius 2 is 1.00 bits per heavy atom. The van der Waals surface area contributed by atoms with Gasteiger partial charge in [0.1, 0.15) is 0 Å². The summed E-state index contributed by atoms with van der Waals surface area (Å²) in [5, 5.41) is 0. The first kappa shape index (κ1) is 9.92. The van der Waals surface area contributed by atoms with E-state index in [9.17, 15) is 17.3 Å². The van der Waals surface area contributed by atoms with Crippen molar-refractivity contribution in [2.45, 2.75) is 0 Å². The Morgan fingerprint density at radius 1 is 1.00 bits per heavy atom. The molecule has 0 rings (SSSR count). The van der Waals surface area contributed by atoms with Gasteiger partial charge < -0.3 is 17.3 Å². The van der Waals surface area contributed by atoms with Crippen molar-refractivity contribution < 1.29 is 18.7 Å². The van der Waals surface area contributed by atoms with Crippen molar-refractivity contribution >= 4 is 36.8 Å². The second-order valence-electron chi connectivity index (χ2n) is 0.495. The van der Waals surface area contributed by atoms with Gasteiger partial charge in [0.15, 0.2) is 0 Å². The fraction of sp³-hybridized carbons (Fsp3) is 0. The van der Waals surface area contributed by atoms with E-state index < -0.39 is 7.25 Å². The van der Waals surface area contributed by atoms with Crippen LogP contribution in [0, 0.1) is 0 Å². The molecular weight excluding hydrogens is 110 g/mol. The van der Waals surface area contributed by atoms with E-state index in [-0.39, 0.29) is 31.0 Å². The van der Waals surface area contributed by atoms with Crippen molar-refractivity contribution in [1.29, 1.82) is 0 Å². The molecule has 0 saturated carbocycles. The third-order valence-electron chi connectivity index (χ3n) is 0. The first-order valence-electron chi connectivity index (χ1n) is 0.873. The molecule has 0 spiro atoms. The van der Waals surface area contributed by atoms with Crippen molar-refractivity contribution in [3.8, 4) is 0 Å². The summed E-state index contributed by atoms with van der Waals surface area (Å²) in [6, 6.07) is 0. The molecule has 0 aliphatic heterocycles. The number of rotatable bonds is 0. The van der Waals surface area contributed by atoms with Gasteiger partial charge in [0.25, 0.3) is 0 Å². The Kier molecular flexibility index (Phi) is 4.76. The van der Waals surface area contributed by atoms with Crippen LogP contribution in [-0.2, 0) is 0 Å². The number of hydrogen-bond acceptors (Lipinski definition) is 0. The Balaban J connectivity index is -0.0000000800. The van der Waals surface area contributed by atoms with Crippen LogP contribution in [0.15, 0.2) is 0 Å². The van der Waals surface area contributed by atoms with Crippen molar-refractivity contribution in [2.75, 3.05) is 0 Å². The first-order valence-corrected chi connectivity index (χ1v) is 0.873. The van der Waals surface area contributed by atoms with Crippen molar-refractivity contribution in [1.82, 2.24) is 0 Å². The third-order valence-corrected chi connectivity index (χ3v) is 0. The normalized spacial score (nSPS) is 10.0. The van der Waals surface area contributed by atoms with Gasteiger partial charge in [0.2, 0.25) is 0 Å². The first-order chi connectivity index (χ1) is 2.00. The topological polar surface area (TPSA) is 0 Å². The molecule has 0 aromatic heterocycles. The van der Waals surface area contributed by atoms with Gasteiger partial charge in [-0.05, 0) is 0 Å². The predicted molar refractivity (Wildman–Crippen MR) is 17.1 cm³/mol. The third kappa shape index (κ3) is 111. The predicted octanol–water partition coefficient (Wildman–Crippen LogP) is 1.03. The van der Waals surface area contributed by atoms with Crippen LogP contribution in [0.25, 0.3) is 0 Å². The van der Waals surface area contributed by atoms with E-state index in [4.69, 9.17) is 0 Å². The van der Waals surface area contributed by atoms with Gasteiger partial charge in [0, 0.05) is 29.6 Å². The molecule has 0 unspecified atom stereocenters. The minimum Gasteiger partial charge on any atom is -0.418 e. The van der Waals surface area contributed by atoms with E-state index in [1.807, 2.05) is 0 Å². The van der Waals surface area contributed by atoms with Crippen molar-refractivity contribution in [2.24, 2.45) is 0 Å². The summed E-state index contributed by atoms with van der Waals surface area (Å²) < 4.78 is 39.0. The van der Waals surface area contributed by atoms with E-state index in [1.165, 1.54) is 0 Å². The standard InChI is InChI=1S/BF4.Na/c2-1(3,4)5;/q-1;/p+1. The maximum absolute atomic E-state index is 9.75. The molecule has 6 heteroatoms. The van der Waals surface area contributed by atoms with Crippen LogP contribution in [0.3, 0.4) is 0 Å². The minimum atomic E-state index is -6.00. The number of hydrogen-bond donors (Lipinski definition) is 0. The summed E-state index contributed by atoms with van der Waals surface area (Å²) in [5.41, 5.74) is 0. The average Bonchev–Trinajstić information content (AvgIpc) is 0.722. The molecule has 0 atom stereocenters. The van der Waals surface area contributed by atoms with Crippen LogP contribution in [-0.4, -0.2) is 36.8 Å². The molecule has 0 aromatic rings. The Hall–Kier alpha value is 0.785. The fourth-order valence-corrected chi connectivity index (χ4v) is 0. The molecule has 0 amide bonds. The van der Waals surface area contributed by atoms with Crippen molar-refractivity contribution in [3.05, 3.63) is 0 Å². The van der Waals surface area contributed by atoms with Crippen LogP contribution in [0.5, 0.6) is 0 Å². The van der Waals surface area contributed by atoms with Gasteiger partial charge in [-0.1, -0.05) is 0 Å². The van der Waals surface area contributed by atoms with Crippen LogP contribution in [0.2, 0.25) is 0 Å². The van der Waals surface area contributed by atoms with E-state index in [0.29, 0.717) is 0 Å². The zero-order valence-electron chi connectivity index (χ0n) is 4.09. The van der Waals surface area contributed by atoms with Gasteiger partial charge in [0.05, 0.1) is 0 Å². The average molecular weight is 111 g/mol. The van der Waals surface area contributed by atoms with Gasteiger partial charge >= 0.3 is 8.68 Å². The summed E-state index contributed by atoms with van der Waals surface area (Å²) in [4.78, 5) is 0. The zero-order chi connectivity index (χ0) is 4.50. The Bertz CT molecular complexity index is 27.2. The zero-order valence-corrected chi connectivity index (χ0v) is 5.09. The molecule has 33 valence electrons. The van der Waals surface area contributed by atoms with Gasteiger partial charge in [-0.2, -0.15) is 0 Å². The molecule has 1 radical (unpaired) electrons. The molecule has 0 heterocycles. The summed E-state index contributed by atoms with van der Waals surface area (Å²) in [5.74, 6) is 0. The molecule has 6 heavy (non-hydrogen) atoms. The van der Waals surface area contributed by atoms with Crippen LogP contribution in [0.1, 0.15) is 1.43 Å². The van der Waals surface area contributed by atoms with Gasteiger partial charge in [-0.3, -0.25) is 0 Å². The van der Waals surface area contributed by atoms with E-state index >= 15 is 0 Å². The molecule has 0 bridgehead atoms. The van der Waals surface area contributed by atoms with Crippen LogP contribution >= 0.6 is 0 Å². The van der Waals surface area contributed by atoms with Crippen LogP contribution in [0.4, 0.5) is 17.3 Å². The maximum atomic E-state index is 9.75. The summed E-state index contributed by atoms with van der Waals surface area (Å²) in [6.07, 6.45) is 0. The molecule has 0 aliphatic rings. The number of halogens is 4. The van der Waals surface area contributed by atoms with E-state index in [2.05, 4.69) is 0 Å². The maximum Gasteiger partial charge on any atom is 1.00 e. The van der Waals surface area contributed by atoms with E-state index in [0.717, 1.165) is 0 Å². The largest absolute Gasteiger partial charge is 1.00 e. The second-order valence-corrected chi connectivity index (χ2v) is 0.495. The molecule has 0 nitrogen and oxygen atoms in total. The molecule has 0 fully saturated rings. The molecule has 0 aromatic carbocycles. The minimum absolute atomic E-state index is 0. The smallest absolute Gasteiger partial charge is 0.418 e. The summed E-state index contributed by atoms with van der Waals surface area (Å²) >= 11 is 0. The SMILES string of the molecule is F[B-](F)(F)F.[H+].[Na]. The van der Waals surface area contributed by atoms with Gasteiger partial charge in [-0.15, -0.1) is 0 Å². The van der Waals surface area contributed by atoms with Gasteiger partial charge in [-0.25, -0.2) is 0 Å². The van der Waals surface area contributed by atoms with E-state index in [1.54, 1.807) is 0 Å². The fourth-order valence-electron chi connectivity index (χ4n) is 0. The molecule has 0 aliphatic carbocycles. The van der Waals surface area contributed by atoms with Crippen molar-refractivity contribution in [3.63, 3.8) is 0 Å². The second kappa shape index (κ2) is 2.88. The molecular formula is HBF4Na. The molecule has 0 N–H and O–H groups in total. The van der Waals surface area contributed by atoms with Crippen LogP contribution < -0.4 is 0 Å². The summed E-state index contributed by atoms with van der Waals surface area (Å²) in [6.45, 7) is 0. The Labute approximate surface area is 55.8 Å². The summed E-state index contributed by atoms with van der Waals surface area (Å²) in [7, 11) is -6.00. The quantitative estimate of drug-likeness (QED) is 0.323.